The summed E-state index contributed by atoms with van der Waals surface area (Å²) in [5.74, 6) is 3.86. The molecule has 2 aliphatic carbocycles. The van der Waals surface area contributed by atoms with Gasteiger partial charge in [-0.25, -0.2) is 0 Å². The maximum absolute atomic E-state index is 11.9. The van der Waals surface area contributed by atoms with Gasteiger partial charge in [-0.05, 0) is 63.2 Å². The van der Waals surface area contributed by atoms with E-state index in [2.05, 4.69) is 13.8 Å². The molecular formula is C15H26O2. The van der Waals surface area contributed by atoms with Crippen LogP contribution in [0.15, 0.2) is 0 Å². The van der Waals surface area contributed by atoms with E-state index >= 15 is 0 Å². The normalized spacial score (nSPS) is 40.6. The first-order valence-electron chi connectivity index (χ1n) is 7.00. The van der Waals surface area contributed by atoms with E-state index in [1.165, 1.54) is 12.8 Å². The second-order valence-corrected chi connectivity index (χ2v) is 7.16. The van der Waals surface area contributed by atoms with Crippen molar-refractivity contribution in [2.75, 3.05) is 0 Å². The van der Waals surface area contributed by atoms with E-state index in [4.69, 9.17) is 4.74 Å². The van der Waals surface area contributed by atoms with Crippen LogP contribution in [0.2, 0.25) is 0 Å². The van der Waals surface area contributed by atoms with Crippen LogP contribution in [0.1, 0.15) is 53.9 Å². The monoisotopic (exact) mass is 238 g/mol. The highest BCUT2D eigenvalue weighted by atomic mass is 16.6. The van der Waals surface area contributed by atoms with Crippen LogP contribution in [0.5, 0.6) is 0 Å². The maximum Gasteiger partial charge on any atom is 0.306 e. The Morgan fingerprint density at radius 1 is 1.18 bits per heavy atom. The molecule has 0 aromatic carbocycles. The summed E-state index contributed by atoms with van der Waals surface area (Å²) >= 11 is 0. The van der Waals surface area contributed by atoms with Crippen molar-refractivity contribution in [3.05, 3.63) is 0 Å². The highest BCUT2D eigenvalue weighted by Gasteiger charge is 2.49. The second kappa shape index (κ2) is 4.29. The molecule has 0 heterocycles. The van der Waals surface area contributed by atoms with E-state index in [1.54, 1.807) is 0 Å². The van der Waals surface area contributed by atoms with Gasteiger partial charge in [0.2, 0.25) is 0 Å². The lowest BCUT2D eigenvalue weighted by Gasteiger charge is -2.31. The molecule has 17 heavy (non-hydrogen) atoms. The minimum absolute atomic E-state index is 0.00472. The van der Waals surface area contributed by atoms with Crippen LogP contribution in [0, 0.1) is 29.6 Å². The lowest BCUT2D eigenvalue weighted by atomic mass is 9.74. The third-order valence-corrected chi connectivity index (χ3v) is 4.88. The first-order valence-corrected chi connectivity index (χ1v) is 7.00. The number of hydrogen-bond acceptors (Lipinski definition) is 2. The molecule has 2 bridgehead atoms. The SMILES string of the molecule is CC1C2CC(CC(=O)OC(C)(C)C)C(C2)C1C. The van der Waals surface area contributed by atoms with Crippen molar-refractivity contribution >= 4 is 5.97 Å². The molecule has 0 N–H and O–H groups in total. The quantitative estimate of drug-likeness (QED) is 0.686. The van der Waals surface area contributed by atoms with Gasteiger partial charge in [-0.2, -0.15) is 0 Å². The third-order valence-electron chi connectivity index (χ3n) is 4.88. The largest absolute Gasteiger partial charge is 0.460 e. The summed E-state index contributed by atoms with van der Waals surface area (Å²) in [5, 5.41) is 0. The number of rotatable bonds is 2. The molecule has 0 saturated heterocycles. The van der Waals surface area contributed by atoms with Gasteiger partial charge in [-0.1, -0.05) is 13.8 Å². The average molecular weight is 238 g/mol. The van der Waals surface area contributed by atoms with Crippen molar-refractivity contribution in [2.45, 2.75) is 59.5 Å². The number of ether oxygens (including phenoxy) is 1. The van der Waals surface area contributed by atoms with Crippen LogP contribution in [0.3, 0.4) is 0 Å². The summed E-state index contributed by atoms with van der Waals surface area (Å²) in [6.07, 6.45) is 3.22. The van der Waals surface area contributed by atoms with E-state index in [-0.39, 0.29) is 11.6 Å². The number of esters is 1. The molecule has 0 spiro atoms. The van der Waals surface area contributed by atoms with Gasteiger partial charge in [0.1, 0.15) is 5.60 Å². The van der Waals surface area contributed by atoms with Gasteiger partial charge in [-0.15, -0.1) is 0 Å². The van der Waals surface area contributed by atoms with E-state index in [9.17, 15) is 4.79 Å². The fourth-order valence-corrected chi connectivity index (χ4v) is 3.93. The fraction of sp³-hybridized carbons (Fsp3) is 0.933. The van der Waals surface area contributed by atoms with Crippen LogP contribution in [-0.2, 0) is 9.53 Å². The van der Waals surface area contributed by atoms with Gasteiger partial charge < -0.3 is 4.74 Å². The van der Waals surface area contributed by atoms with E-state index in [0.29, 0.717) is 12.3 Å². The van der Waals surface area contributed by atoms with Crippen LogP contribution in [0.25, 0.3) is 0 Å². The van der Waals surface area contributed by atoms with Gasteiger partial charge in [-0.3, -0.25) is 4.79 Å². The van der Waals surface area contributed by atoms with Crippen molar-refractivity contribution in [1.82, 2.24) is 0 Å². The lowest BCUT2D eigenvalue weighted by molar-refractivity contribution is -0.156. The highest BCUT2D eigenvalue weighted by molar-refractivity contribution is 5.70. The Labute approximate surface area is 105 Å². The van der Waals surface area contributed by atoms with E-state index < -0.39 is 0 Å². The minimum atomic E-state index is -0.340. The zero-order valence-electron chi connectivity index (χ0n) is 11.8. The van der Waals surface area contributed by atoms with Crippen molar-refractivity contribution in [3.63, 3.8) is 0 Å². The number of carbonyl (C=O) groups excluding carboxylic acids is 1. The Balaban J connectivity index is 1.88. The molecule has 0 aliphatic heterocycles. The second-order valence-electron chi connectivity index (χ2n) is 7.16. The van der Waals surface area contributed by atoms with Crippen LogP contribution in [0.4, 0.5) is 0 Å². The Morgan fingerprint density at radius 3 is 2.29 bits per heavy atom. The lowest BCUT2D eigenvalue weighted by Crippen LogP contribution is -2.29. The molecule has 98 valence electrons. The van der Waals surface area contributed by atoms with E-state index in [1.807, 2.05) is 20.8 Å². The standard InChI is InChI=1S/C15H26O2/c1-9-10(2)13-7-11(9)6-12(13)8-14(16)17-15(3,4)5/h9-13H,6-8H2,1-5H3. The Hall–Kier alpha value is -0.530. The smallest absolute Gasteiger partial charge is 0.306 e. The van der Waals surface area contributed by atoms with Gasteiger partial charge in [0.05, 0.1) is 0 Å². The molecule has 0 radical (unpaired) electrons. The van der Waals surface area contributed by atoms with Gasteiger partial charge >= 0.3 is 5.97 Å². The number of carbonyl (C=O) groups is 1. The summed E-state index contributed by atoms with van der Waals surface area (Å²) in [6, 6.07) is 0. The van der Waals surface area contributed by atoms with Crippen molar-refractivity contribution < 1.29 is 9.53 Å². The molecule has 5 atom stereocenters. The molecule has 0 amide bonds. The summed E-state index contributed by atoms with van der Waals surface area (Å²) in [5.41, 5.74) is -0.340. The minimum Gasteiger partial charge on any atom is -0.460 e. The Morgan fingerprint density at radius 2 is 1.82 bits per heavy atom. The third kappa shape index (κ3) is 2.66. The predicted octanol–water partition coefficient (Wildman–Crippen LogP) is 3.65. The Kier molecular flexibility index (Phi) is 3.26. The first-order chi connectivity index (χ1) is 7.78. The molecule has 2 aliphatic rings. The predicted molar refractivity (Wildman–Crippen MR) is 68.5 cm³/mol. The molecule has 0 aromatic rings. The topological polar surface area (TPSA) is 26.3 Å². The van der Waals surface area contributed by atoms with Crippen molar-refractivity contribution in [3.8, 4) is 0 Å². The molecule has 0 aromatic heterocycles. The van der Waals surface area contributed by atoms with Crippen LogP contribution >= 0.6 is 0 Å². The summed E-state index contributed by atoms with van der Waals surface area (Å²) in [6.45, 7) is 10.6. The highest BCUT2D eigenvalue weighted by Crippen LogP contribution is 2.55. The molecule has 2 nitrogen and oxygen atoms in total. The summed E-state index contributed by atoms with van der Waals surface area (Å²) in [4.78, 5) is 11.9. The summed E-state index contributed by atoms with van der Waals surface area (Å²) < 4.78 is 5.43. The average Bonchev–Trinajstić information content (AvgIpc) is 2.65. The maximum atomic E-state index is 11.9. The molecule has 2 fully saturated rings. The van der Waals surface area contributed by atoms with Gasteiger partial charge in [0, 0.05) is 6.42 Å². The van der Waals surface area contributed by atoms with Crippen LogP contribution < -0.4 is 0 Å². The molecule has 5 unspecified atom stereocenters. The molecular weight excluding hydrogens is 212 g/mol. The zero-order chi connectivity index (χ0) is 12.8. The molecule has 2 heteroatoms. The Bertz CT molecular complexity index is 301. The fourth-order valence-electron chi connectivity index (χ4n) is 3.93. The number of fused-ring (bicyclic) bond motifs is 2. The van der Waals surface area contributed by atoms with E-state index in [0.717, 1.165) is 23.7 Å². The first kappa shape index (κ1) is 12.9. The van der Waals surface area contributed by atoms with Gasteiger partial charge in [0.25, 0.3) is 0 Å². The molecule has 2 rings (SSSR count). The van der Waals surface area contributed by atoms with Crippen LogP contribution in [-0.4, -0.2) is 11.6 Å². The van der Waals surface area contributed by atoms with Crippen molar-refractivity contribution in [1.29, 1.82) is 0 Å². The number of hydrogen-bond donors (Lipinski definition) is 0. The zero-order valence-corrected chi connectivity index (χ0v) is 11.8. The van der Waals surface area contributed by atoms with Gasteiger partial charge in [0.15, 0.2) is 0 Å². The molecule has 2 saturated carbocycles. The van der Waals surface area contributed by atoms with Crippen molar-refractivity contribution in [2.24, 2.45) is 29.6 Å². The summed E-state index contributed by atoms with van der Waals surface area (Å²) in [7, 11) is 0.